The van der Waals surface area contributed by atoms with Crippen molar-refractivity contribution in [2.45, 2.75) is 0 Å². The molecule has 1 aliphatic rings. The van der Waals surface area contributed by atoms with Crippen LogP contribution in [0.4, 0.5) is 15.8 Å². The number of hydrogen-bond donors (Lipinski definition) is 1. The number of anilines is 2. The zero-order valence-corrected chi connectivity index (χ0v) is 13.8. The van der Waals surface area contributed by atoms with Crippen molar-refractivity contribution in [3.63, 3.8) is 0 Å². The van der Waals surface area contributed by atoms with Crippen LogP contribution in [0.15, 0.2) is 41.3 Å². The average Bonchev–Trinajstić information content (AvgIpc) is 2.60. The fourth-order valence-electron chi connectivity index (χ4n) is 2.90. The van der Waals surface area contributed by atoms with Crippen LogP contribution in [-0.2, 0) is 7.05 Å². The zero-order chi connectivity index (χ0) is 16.9. The van der Waals surface area contributed by atoms with Gasteiger partial charge in [0.2, 0.25) is 0 Å². The van der Waals surface area contributed by atoms with E-state index in [4.69, 9.17) is 0 Å². The van der Waals surface area contributed by atoms with Crippen LogP contribution in [0, 0.1) is 5.82 Å². The molecule has 0 spiro atoms. The lowest BCUT2D eigenvalue weighted by Crippen LogP contribution is -2.49. The Morgan fingerprint density at radius 2 is 1.92 bits per heavy atom. The Labute approximate surface area is 140 Å². The van der Waals surface area contributed by atoms with Gasteiger partial charge in [0.15, 0.2) is 0 Å². The van der Waals surface area contributed by atoms with Crippen LogP contribution in [0.5, 0.6) is 0 Å². The SMILES string of the molecule is Cn1nccc(N2CCN(CCNc3ccccc3F)CC2)c1=O. The van der Waals surface area contributed by atoms with Gasteiger partial charge in [0, 0.05) is 52.5 Å². The van der Waals surface area contributed by atoms with Gasteiger partial charge in [0.1, 0.15) is 11.5 Å². The summed E-state index contributed by atoms with van der Waals surface area (Å²) in [5.74, 6) is -0.226. The summed E-state index contributed by atoms with van der Waals surface area (Å²) in [6.07, 6.45) is 1.65. The fraction of sp³-hybridized carbons (Fsp3) is 0.412. The van der Waals surface area contributed by atoms with Crippen LogP contribution in [-0.4, -0.2) is 53.9 Å². The molecule has 0 unspecified atom stereocenters. The predicted octanol–water partition coefficient (Wildman–Crippen LogP) is 1.15. The monoisotopic (exact) mass is 331 g/mol. The number of nitrogens with zero attached hydrogens (tertiary/aromatic N) is 4. The summed E-state index contributed by atoms with van der Waals surface area (Å²) < 4.78 is 14.9. The number of nitrogens with one attached hydrogen (secondary N) is 1. The first-order valence-corrected chi connectivity index (χ1v) is 8.13. The molecular formula is C17H22FN5O. The van der Waals surface area contributed by atoms with Gasteiger partial charge >= 0.3 is 0 Å². The Bertz CT molecular complexity index is 740. The van der Waals surface area contributed by atoms with Crippen LogP contribution >= 0.6 is 0 Å². The average molecular weight is 331 g/mol. The largest absolute Gasteiger partial charge is 0.381 e. The molecule has 128 valence electrons. The lowest BCUT2D eigenvalue weighted by atomic mass is 10.2. The Balaban J connectivity index is 1.48. The number of hydrogen-bond acceptors (Lipinski definition) is 5. The van der Waals surface area contributed by atoms with Gasteiger partial charge in [-0.3, -0.25) is 9.69 Å². The molecule has 0 radical (unpaired) electrons. The van der Waals surface area contributed by atoms with Gasteiger partial charge in [0.25, 0.3) is 5.56 Å². The summed E-state index contributed by atoms with van der Waals surface area (Å²) in [5, 5.41) is 7.08. The number of para-hydroxylation sites is 1. The van der Waals surface area contributed by atoms with Crippen LogP contribution in [0.1, 0.15) is 0 Å². The molecule has 0 amide bonds. The minimum Gasteiger partial charge on any atom is -0.381 e. The van der Waals surface area contributed by atoms with Crippen molar-refractivity contribution in [2.75, 3.05) is 49.5 Å². The number of piperazine rings is 1. The molecule has 3 rings (SSSR count). The van der Waals surface area contributed by atoms with E-state index in [1.165, 1.54) is 10.7 Å². The van der Waals surface area contributed by atoms with Crippen molar-refractivity contribution in [3.8, 4) is 0 Å². The first-order valence-electron chi connectivity index (χ1n) is 8.13. The standard InChI is InChI=1S/C17H22FN5O/c1-21-17(24)16(6-7-20-21)23-12-10-22(11-13-23)9-8-19-15-5-3-2-4-14(15)18/h2-7,19H,8-13H2,1H3. The molecule has 0 saturated carbocycles. The van der Waals surface area contributed by atoms with Crippen molar-refractivity contribution in [1.82, 2.24) is 14.7 Å². The third kappa shape index (κ3) is 3.73. The molecule has 0 atom stereocenters. The number of rotatable bonds is 5. The molecule has 6 nitrogen and oxygen atoms in total. The molecule has 2 aromatic rings. The molecule has 1 saturated heterocycles. The second-order valence-electron chi connectivity index (χ2n) is 5.88. The van der Waals surface area contributed by atoms with Crippen LogP contribution in [0.2, 0.25) is 0 Å². The van der Waals surface area contributed by atoms with E-state index in [1.807, 2.05) is 6.07 Å². The van der Waals surface area contributed by atoms with E-state index in [9.17, 15) is 9.18 Å². The van der Waals surface area contributed by atoms with E-state index in [2.05, 4.69) is 20.2 Å². The fourth-order valence-corrected chi connectivity index (χ4v) is 2.90. The first kappa shape index (κ1) is 16.4. The van der Waals surface area contributed by atoms with E-state index in [0.717, 1.165) is 32.7 Å². The normalized spacial score (nSPS) is 15.5. The van der Waals surface area contributed by atoms with E-state index in [1.54, 1.807) is 31.4 Å². The van der Waals surface area contributed by atoms with Crippen LogP contribution in [0.3, 0.4) is 0 Å². The van der Waals surface area contributed by atoms with Crippen LogP contribution in [0.25, 0.3) is 0 Å². The maximum absolute atomic E-state index is 13.5. The Hall–Kier alpha value is -2.41. The van der Waals surface area contributed by atoms with E-state index in [-0.39, 0.29) is 11.4 Å². The summed E-state index contributed by atoms with van der Waals surface area (Å²) in [6, 6.07) is 8.48. The van der Waals surface area contributed by atoms with Gasteiger partial charge in [0.05, 0.1) is 5.69 Å². The van der Waals surface area contributed by atoms with E-state index >= 15 is 0 Å². The molecule has 1 fully saturated rings. The third-order valence-corrected chi connectivity index (χ3v) is 4.32. The molecule has 0 bridgehead atoms. The summed E-state index contributed by atoms with van der Waals surface area (Å²) in [5.41, 5.74) is 1.18. The quantitative estimate of drug-likeness (QED) is 0.891. The predicted molar refractivity (Wildman–Crippen MR) is 93.0 cm³/mol. The molecule has 1 aromatic heterocycles. The van der Waals surface area contributed by atoms with E-state index < -0.39 is 0 Å². The highest BCUT2D eigenvalue weighted by atomic mass is 19.1. The zero-order valence-electron chi connectivity index (χ0n) is 13.8. The highest BCUT2D eigenvalue weighted by Gasteiger charge is 2.19. The molecule has 2 heterocycles. The van der Waals surface area contributed by atoms with Crippen molar-refractivity contribution in [3.05, 3.63) is 52.7 Å². The first-order chi connectivity index (χ1) is 11.6. The highest BCUT2D eigenvalue weighted by Crippen LogP contribution is 2.13. The molecule has 1 aliphatic heterocycles. The third-order valence-electron chi connectivity index (χ3n) is 4.32. The Morgan fingerprint density at radius 1 is 1.17 bits per heavy atom. The molecular weight excluding hydrogens is 309 g/mol. The van der Waals surface area contributed by atoms with Gasteiger partial charge in [-0.25, -0.2) is 9.07 Å². The summed E-state index contributed by atoms with van der Waals surface area (Å²) >= 11 is 0. The number of aryl methyl sites for hydroxylation is 1. The highest BCUT2D eigenvalue weighted by molar-refractivity contribution is 5.44. The number of halogens is 1. The molecule has 24 heavy (non-hydrogen) atoms. The summed E-state index contributed by atoms with van der Waals surface area (Å²) in [6.45, 7) is 4.90. The van der Waals surface area contributed by atoms with Crippen molar-refractivity contribution in [1.29, 1.82) is 0 Å². The van der Waals surface area contributed by atoms with Crippen molar-refractivity contribution in [2.24, 2.45) is 7.05 Å². The topological polar surface area (TPSA) is 53.4 Å². The number of benzene rings is 1. The lowest BCUT2D eigenvalue weighted by molar-refractivity contribution is 0.267. The second-order valence-corrected chi connectivity index (χ2v) is 5.88. The van der Waals surface area contributed by atoms with Crippen molar-refractivity contribution < 1.29 is 4.39 Å². The maximum Gasteiger partial charge on any atom is 0.290 e. The molecule has 7 heteroatoms. The lowest BCUT2D eigenvalue weighted by Gasteiger charge is -2.35. The van der Waals surface area contributed by atoms with Gasteiger partial charge in [-0.2, -0.15) is 5.10 Å². The second kappa shape index (κ2) is 7.44. The molecule has 1 aromatic carbocycles. The van der Waals surface area contributed by atoms with Gasteiger partial charge in [-0.05, 0) is 18.2 Å². The Morgan fingerprint density at radius 3 is 2.67 bits per heavy atom. The minimum absolute atomic E-state index is 0.0628. The summed E-state index contributed by atoms with van der Waals surface area (Å²) in [7, 11) is 1.66. The Kier molecular flexibility index (Phi) is 5.10. The van der Waals surface area contributed by atoms with Gasteiger partial charge in [-0.15, -0.1) is 0 Å². The smallest absolute Gasteiger partial charge is 0.290 e. The maximum atomic E-state index is 13.5. The van der Waals surface area contributed by atoms with Gasteiger partial charge in [-0.1, -0.05) is 12.1 Å². The minimum atomic E-state index is -0.226. The summed E-state index contributed by atoms with van der Waals surface area (Å²) in [4.78, 5) is 16.5. The molecule has 1 N–H and O–H groups in total. The number of aromatic nitrogens is 2. The van der Waals surface area contributed by atoms with Crippen LogP contribution < -0.4 is 15.8 Å². The van der Waals surface area contributed by atoms with Crippen molar-refractivity contribution >= 4 is 11.4 Å². The van der Waals surface area contributed by atoms with E-state index in [0.29, 0.717) is 17.9 Å². The molecule has 0 aliphatic carbocycles. The van der Waals surface area contributed by atoms with Gasteiger partial charge < -0.3 is 10.2 Å².